The van der Waals surface area contributed by atoms with Crippen molar-refractivity contribution in [3.63, 3.8) is 0 Å². The summed E-state index contributed by atoms with van der Waals surface area (Å²) >= 11 is 7.07. The summed E-state index contributed by atoms with van der Waals surface area (Å²) in [4.78, 5) is 12.4. The predicted molar refractivity (Wildman–Crippen MR) is 126 cm³/mol. The molecule has 34 heavy (non-hydrogen) atoms. The molecule has 3 aromatic rings. The molecule has 0 spiro atoms. The Morgan fingerprint density at radius 1 is 1.18 bits per heavy atom. The highest BCUT2D eigenvalue weighted by molar-refractivity contribution is 7.99. The van der Waals surface area contributed by atoms with E-state index < -0.39 is 17.6 Å². The van der Waals surface area contributed by atoms with Gasteiger partial charge >= 0.3 is 6.18 Å². The summed E-state index contributed by atoms with van der Waals surface area (Å²) in [7, 11) is 0. The summed E-state index contributed by atoms with van der Waals surface area (Å²) < 4.78 is 46.7. The Morgan fingerprint density at radius 2 is 1.85 bits per heavy atom. The molecule has 182 valence electrons. The van der Waals surface area contributed by atoms with Crippen molar-refractivity contribution >= 4 is 35.0 Å². The van der Waals surface area contributed by atoms with Gasteiger partial charge in [-0.3, -0.25) is 4.79 Å². The van der Waals surface area contributed by atoms with Gasteiger partial charge in [0.15, 0.2) is 17.1 Å². The number of amides is 1. The van der Waals surface area contributed by atoms with Crippen LogP contribution in [0.2, 0.25) is 5.02 Å². The van der Waals surface area contributed by atoms with Crippen molar-refractivity contribution in [2.75, 3.05) is 11.1 Å². The number of hydrogen-bond donors (Lipinski definition) is 1. The number of aryl methyl sites for hydroxylation is 2. The van der Waals surface area contributed by atoms with Crippen LogP contribution in [-0.4, -0.2) is 26.4 Å². The van der Waals surface area contributed by atoms with E-state index in [9.17, 15) is 18.0 Å². The van der Waals surface area contributed by atoms with Crippen molar-refractivity contribution in [1.82, 2.24) is 14.8 Å². The van der Waals surface area contributed by atoms with Gasteiger partial charge in [0.2, 0.25) is 5.91 Å². The van der Waals surface area contributed by atoms with Crippen molar-refractivity contribution in [2.24, 2.45) is 0 Å². The smallest absolute Gasteiger partial charge is 0.416 e. The number of rotatable bonds is 8. The summed E-state index contributed by atoms with van der Waals surface area (Å²) in [5.41, 5.74) is 1.17. The Labute approximate surface area is 204 Å². The standard InChI is InChI=1S/C23H24ClF3N4O2S/c1-5-31-21(15(4)33-17-9-13(2)8-14(3)10-17)29-30-22(31)34-12-20(32)28-19-11-16(23(25,26)27)6-7-18(19)24/h6-11,15H,5,12H2,1-4H3,(H,28,32). The molecule has 3 rings (SSSR count). The molecule has 1 N–H and O–H groups in total. The summed E-state index contributed by atoms with van der Waals surface area (Å²) in [6.07, 6.45) is -4.93. The molecule has 0 saturated heterocycles. The van der Waals surface area contributed by atoms with E-state index in [4.69, 9.17) is 16.3 Å². The van der Waals surface area contributed by atoms with E-state index in [1.165, 1.54) is 0 Å². The van der Waals surface area contributed by atoms with Gasteiger partial charge in [0.1, 0.15) is 5.75 Å². The van der Waals surface area contributed by atoms with E-state index in [1.54, 1.807) is 0 Å². The fraction of sp³-hybridized carbons (Fsp3) is 0.348. The third kappa shape index (κ3) is 6.44. The van der Waals surface area contributed by atoms with Crippen LogP contribution < -0.4 is 10.1 Å². The minimum absolute atomic E-state index is 0.0164. The fourth-order valence-corrected chi connectivity index (χ4v) is 4.35. The van der Waals surface area contributed by atoms with E-state index in [0.717, 1.165) is 46.8 Å². The van der Waals surface area contributed by atoms with Crippen LogP contribution in [0.25, 0.3) is 0 Å². The number of carbonyl (C=O) groups is 1. The third-order valence-electron chi connectivity index (χ3n) is 4.83. The molecular weight excluding hydrogens is 489 g/mol. The Hall–Kier alpha value is -2.72. The van der Waals surface area contributed by atoms with Gasteiger partial charge in [-0.1, -0.05) is 29.4 Å². The van der Waals surface area contributed by atoms with Gasteiger partial charge in [0.05, 0.1) is 22.0 Å². The van der Waals surface area contributed by atoms with Crippen LogP contribution in [0.1, 0.15) is 42.5 Å². The van der Waals surface area contributed by atoms with Crippen LogP contribution in [0.15, 0.2) is 41.6 Å². The second-order valence-electron chi connectivity index (χ2n) is 7.70. The van der Waals surface area contributed by atoms with Crippen LogP contribution in [0.5, 0.6) is 5.75 Å². The average molecular weight is 513 g/mol. The molecule has 1 unspecified atom stereocenters. The summed E-state index contributed by atoms with van der Waals surface area (Å²) in [6.45, 7) is 8.32. The SMILES string of the molecule is CCn1c(SCC(=O)Nc2cc(C(F)(F)F)ccc2Cl)nnc1C(C)Oc1cc(C)cc(C)c1. The highest BCUT2D eigenvalue weighted by Crippen LogP contribution is 2.34. The maximum absolute atomic E-state index is 12.9. The van der Waals surface area contributed by atoms with Gasteiger partial charge in [0, 0.05) is 6.54 Å². The molecule has 0 aliphatic heterocycles. The number of carbonyl (C=O) groups excluding carboxylic acids is 1. The highest BCUT2D eigenvalue weighted by atomic mass is 35.5. The predicted octanol–water partition coefficient (Wildman–Crippen LogP) is 6.46. The van der Waals surface area contributed by atoms with E-state index in [1.807, 2.05) is 44.4 Å². The van der Waals surface area contributed by atoms with E-state index in [2.05, 4.69) is 21.6 Å². The van der Waals surface area contributed by atoms with E-state index >= 15 is 0 Å². The molecule has 1 heterocycles. The average Bonchev–Trinajstić information content (AvgIpc) is 3.15. The van der Waals surface area contributed by atoms with Gasteiger partial charge in [-0.25, -0.2) is 0 Å². The summed E-state index contributed by atoms with van der Waals surface area (Å²) in [5, 5.41) is 11.3. The Morgan fingerprint density at radius 3 is 2.47 bits per heavy atom. The summed E-state index contributed by atoms with van der Waals surface area (Å²) in [6, 6.07) is 8.70. The van der Waals surface area contributed by atoms with Crippen LogP contribution >= 0.6 is 23.4 Å². The minimum atomic E-state index is -4.54. The van der Waals surface area contributed by atoms with Crippen molar-refractivity contribution in [3.8, 4) is 5.75 Å². The third-order valence-corrected chi connectivity index (χ3v) is 6.13. The van der Waals surface area contributed by atoms with Crippen molar-refractivity contribution in [2.45, 2.75) is 51.7 Å². The zero-order chi connectivity index (χ0) is 25.0. The van der Waals surface area contributed by atoms with Crippen LogP contribution in [0, 0.1) is 13.8 Å². The van der Waals surface area contributed by atoms with Gasteiger partial charge in [-0.2, -0.15) is 13.2 Å². The second-order valence-corrected chi connectivity index (χ2v) is 9.05. The quantitative estimate of drug-likeness (QED) is 0.351. The molecule has 1 aromatic heterocycles. The monoisotopic (exact) mass is 512 g/mol. The molecule has 0 radical (unpaired) electrons. The highest BCUT2D eigenvalue weighted by Gasteiger charge is 2.31. The minimum Gasteiger partial charge on any atom is -0.483 e. The van der Waals surface area contributed by atoms with Gasteiger partial charge in [-0.15, -0.1) is 10.2 Å². The fourth-order valence-electron chi connectivity index (χ4n) is 3.38. The van der Waals surface area contributed by atoms with Crippen LogP contribution in [0.4, 0.5) is 18.9 Å². The molecule has 0 aliphatic rings. The first-order valence-electron chi connectivity index (χ1n) is 10.5. The molecule has 0 bridgehead atoms. The lowest BCUT2D eigenvalue weighted by molar-refractivity contribution is -0.137. The lowest BCUT2D eigenvalue weighted by Crippen LogP contribution is -2.16. The van der Waals surface area contributed by atoms with Crippen molar-refractivity contribution in [3.05, 3.63) is 63.9 Å². The van der Waals surface area contributed by atoms with Gasteiger partial charge < -0.3 is 14.6 Å². The van der Waals surface area contributed by atoms with E-state index in [0.29, 0.717) is 17.5 Å². The van der Waals surface area contributed by atoms with Crippen LogP contribution in [0.3, 0.4) is 0 Å². The molecular formula is C23H24ClF3N4O2S. The molecule has 6 nitrogen and oxygen atoms in total. The van der Waals surface area contributed by atoms with E-state index in [-0.39, 0.29) is 22.6 Å². The van der Waals surface area contributed by atoms with Crippen molar-refractivity contribution < 1.29 is 22.7 Å². The van der Waals surface area contributed by atoms with Crippen molar-refractivity contribution in [1.29, 1.82) is 0 Å². The normalized spacial score (nSPS) is 12.5. The maximum Gasteiger partial charge on any atom is 0.416 e. The molecule has 1 amide bonds. The van der Waals surface area contributed by atoms with Gasteiger partial charge in [-0.05, 0) is 69.2 Å². The molecule has 0 saturated carbocycles. The number of aromatic nitrogens is 3. The number of thioether (sulfide) groups is 1. The number of anilines is 1. The lowest BCUT2D eigenvalue weighted by Gasteiger charge is -2.16. The number of nitrogens with one attached hydrogen (secondary N) is 1. The topological polar surface area (TPSA) is 69.0 Å². The maximum atomic E-state index is 12.9. The zero-order valence-corrected chi connectivity index (χ0v) is 20.6. The van der Waals surface area contributed by atoms with Crippen LogP contribution in [-0.2, 0) is 17.5 Å². The first-order valence-corrected chi connectivity index (χ1v) is 11.8. The second kappa shape index (κ2) is 10.7. The number of benzene rings is 2. The number of halogens is 4. The number of alkyl halides is 3. The zero-order valence-electron chi connectivity index (χ0n) is 19.0. The largest absolute Gasteiger partial charge is 0.483 e. The molecule has 0 aliphatic carbocycles. The number of nitrogens with zero attached hydrogens (tertiary/aromatic N) is 3. The first-order chi connectivity index (χ1) is 16.0. The molecule has 2 aromatic carbocycles. The summed E-state index contributed by atoms with van der Waals surface area (Å²) in [5.74, 6) is 0.724. The number of ether oxygens (including phenoxy) is 1. The Kier molecular flexibility index (Phi) is 8.14. The number of hydrogen-bond acceptors (Lipinski definition) is 5. The Bertz CT molecular complexity index is 1160. The van der Waals surface area contributed by atoms with Gasteiger partial charge in [0.25, 0.3) is 0 Å². The molecule has 0 fully saturated rings. The lowest BCUT2D eigenvalue weighted by atomic mass is 10.1. The Balaban J connectivity index is 1.67. The first kappa shape index (κ1) is 25.9. The molecule has 11 heteroatoms. The molecule has 1 atom stereocenters.